The number of thioether (sulfide) groups is 1. The Bertz CT molecular complexity index is 662. The highest BCUT2D eigenvalue weighted by Crippen LogP contribution is 2.35. The van der Waals surface area contributed by atoms with E-state index in [9.17, 15) is 19.7 Å². The molecule has 0 bridgehead atoms. The molecule has 2 rings (SSSR count). The molecule has 1 aromatic rings. The van der Waals surface area contributed by atoms with E-state index >= 15 is 0 Å². The molecular formula is C18H24N2O5S. The molecule has 0 aromatic heterocycles. The van der Waals surface area contributed by atoms with E-state index in [1.165, 1.54) is 24.3 Å². The number of carbonyl (C=O) groups is 2. The van der Waals surface area contributed by atoms with Crippen LogP contribution >= 0.6 is 11.8 Å². The topological polar surface area (TPSA) is 89.8 Å². The molecular weight excluding hydrogens is 356 g/mol. The second-order valence-corrected chi connectivity index (χ2v) is 7.83. The van der Waals surface area contributed by atoms with E-state index in [0.29, 0.717) is 23.8 Å². The van der Waals surface area contributed by atoms with Crippen LogP contribution in [0, 0.1) is 16.0 Å². The number of hydrogen-bond acceptors (Lipinski definition) is 6. The molecule has 1 saturated heterocycles. The number of nitro benzene ring substituents is 1. The van der Waals surface area contributed by atoms with Crippen molar-refractivity contribution in [3.63, 3.8) is 0 Å². The van der Waals surface area contributed by atoms with Gasteiger partial charge in [0.15, 0.2) is 0 Å². The predicted molar refractivity (Wildman–Crippen MR) is 100 cm³/mol. The van der Waals surface area contributed by atoms with E-state index in [1.54, 1.807) is 16.7 Å². The molecule has 1 aliphatic heterocycles. The van der Waals surface area contributed by atoms with Crippen LogP contribution in [-0.4, -0.2) is 45.5 Å². The maximum absolute atomic E-state index is 13.0. The molecule has 1 heterocycles. The molecule has 1 aromatic carbocycles. The van der Waals surface area contributed by atoms with Gasteiger partial charge in [-0.15, -0.1) is 11.8 Å². The Morgan fingerprint density at radius 2 is 2.00 bits per heavy atom. The fourth-order valence-electron chi connectivity index (χ4n) is 2.78. The van der Waals surface area contributed by atoms with E-state index < -0.39 is 11.0 Å². The molecule has 0 saturated carbocycles. The summed E-state index contributed by atoms with van der Waals surface area (Å²) in [4.78, 5) is 37.3. The lowest BCUT2D eigenvalue weighted by Gasteiger charge is -2.29. The maximum Gasteiger partial charge on any atom is 0.329 e. The number of nitrogens with zero attached hydrogens (tertiary/aromatic N) is 2. The zero-order valence-electron chi connectivity index (χ0n) is 15.2. The van der Waals surface area contributed by atoms with Gasteiger partial charge in [0.1, 0.15) is 6.04 Å². The fourth-order valence-corrected chi connectivity index (χ4v) is 4.40. The maximum atomic E-state index is 13.0. The largest absolute Gasteiger partial charge is 0.464 e. The van der Waals surface area contributed by atoms with Gasteiger partial charge in [0.25, 0.3) is 11.6 Å². The summed E-state index contributed by atoms with van der Waals surface area (Å²) in [6.07, 6.45) is 1.48. The Hall–Kier alpha value is -2.09. The average Bonchev–Trinajstić information content (AvgIpc) is 3.01. The third kappa shape index (κ3) is 4.75. The van der Waals surface area contributed by atoms with Crippen molar-refractivity contribution in [2.45, 2.75) is 45.0 Å². The van der Waals surface area contributed by atoms with Crippen molar-refractivity contribution >= 4 is 29.3 Å². The first-order valence-corrected chi connectivity index (χ1v) is 9.75. The number of esters is 1. The van der Waals surface area contributed by atoms with Gasteiger partial charge < -0.3 is 9.64 Å². The first-order chi connectivity index (χ1) is 12.3. The summed E-state index contributed by atoms with van der Waals surface area (Å²) in [7, 11) is 0. The molecule has 0 radical (unpaired) electrons. The van der Waals surface area contributed by atoms with Crippen molar-refractivity contribution in [1.29, 1.82) is 0 Å². The number of hydrogen-bond donors (Lipinski definition) is 0. The van der Waals surface area contributed by atoms with Gasteiger partial charge in [0.2, 0.25) is 0 Å². The van der Waals surface area contributed by atoms with Crippen LogP contribution < -0.4 is 0 Å². The molecule has 0 spiro atoms. The zero-order valence-corrected chi connectivity index (χ0v) is 16.0. The Balaban J connectivity index is 2.25. The van der Waals surface area contributed by atoms with Crippen molar-refractivity contribution in [3.05, 3.63) is 39.9 Å². The Labute approximate surface area is 157 Å². The third-order valence-corrected chi connectivity index (χ3v) is 5.36. The minimum Gasteiger partial charge on any atom is -0.464 e. The second-order valence-electron chi connectivity index (χ2n) is 6.62. The lowest BCUT2D eigenvalue weighted by molar-refractivity contribution is -0.384. The van der Waals surface area contributed by atoms with E-state index in [0.717, 1.165) is 12.8 Å². The molecule has 142 valence electrons. The molecule has 26 heavy (non-hydrogen) atoms. The van der Waals surface area contributed by atoms with Gasteiger partial charge >= 0.3 is 5.97 Å². The van der Waals surface area contributed by atoms with Gasteiger partial charge in [0, 0.05) is 23.4 Å². The van der Waals surface area contributed by atoms with Crippen molar-refractivity contribution in [3.8, 4) is 0 Å². The van der Waals surface area contributed by atoms with Gasteiger partial charge in [-0.05, 0) is 30.9 Å². The third-order valence-electron chi connectivity index (χ3n) is 4.05. The molecule has 0 N–H and O–H groups in total. The lowest BCUT2D eigenvalue weighted by atomic mass is 10.1. The Morgan fingerprint density at radius 1 is 1.35 bits per heavy atom. The van der Waals surface area contributed by atoms with Crippen LogP contribution in [-0.2, 0) is 9.53 Å². The van der Waals surface area contributed by atoms with Crippen molar-refractivity contribution in [1.82, 2.24) is 4.90 Å². The van der Waals surface area contributed by atoms with Crippen LogP contribution in [0.2, 0.25) is 0 Å². The van der Waals surface area contributed by atoms with Crippen LogP contribution in [0.15, 0.2) is 24.3 Å². The highest BCUT2D eigenvalue weighted by atomic mass is 32.2. The average molecular weight is 380 g/mol. The molecule has 0 aliphatic carbocycles. The molecule has 1 amide bonds. The van der Waals surface area contributed by atoms with Gasteiger partial charge in [-0.3, -0.25) is 14.9 Å². The molecule has 1 aliphatic rings. The molecule has 8 heteroatoms. The smallest absolute Gasteiger partial charge is 0.329 e. The molecule has 7 nitrogen and oxygen atoms in total. The van der Waals surface area contributed by atoms with Gasteiger partial charge in [-0.1, -0.05) is 20.8 Å². The number of nitro groups is 1. The number of non-ortho nitro benzene ring substituents is 1. The summed E-state index contributed by atoms with van der Waals surface area (Å²) in [5, 5.41) is 10.7. The van der Waals surface area contributed by atoms with Crippen LogP contribution in [0.5, 0.6) is 0 Å². The first-order valence-electron chi connectivity index (χ1n) is 8.70. The molecule has 2 unspecified atom stereocenters. The SMILES string of the molecule is CCCOC(=O)C1CSC(CC(C)C)N1C(=O)c1ccc([N+](=O)[O-])cc1. The van der Waals surface area contributed by atoms with Crippen LogP contribution in [0.4, 0.5) is 5.69 Å². The number of benzene rings is 1. The van der Waals surface area contributed by atoms with Crippen LogP contribution in [0.3, 0.4) is 0 Å². The quantitative estimate of drug-likeness (QED) is 0.409. The number of ether oxygens (including phenoxy) is 1. The fraction of sp³-hybridized carbons (Fsp3) is 0.556. The van der Waals surface area contributed by atoms with Crippen LogP contribution in [0.25, 0.3) is 0 Å². The Kier molecular flexibility index (Phi) is 7.02. The Morgan fingerprint density at radius 3 is 2.54 bits per heavy atom. The summed E-state index contributed by atoms with van der Waals surface area (Å²) in [5.74, 6) is 0.179. The summed E-state index contributed by atoms with van der Waals surface area (Å²) in [6.45, 7) is 6.38. The highest BCUT2D eigenvalue weighted by Gasteiger charge is 2.42. The lowest BCUT2D eigenvalue weighted by Crippen LogP contribution is -2.46. The minimum absolute atomic E-state index is 0.0741. The van der Waals surface area contributed by atoms with Gasteiger partial charge in [-0.2, -0.15) is 0 Å². The summed E-state index contributed by atoms with van der Waals surface area (Å²) < 4.78 is 5.26. The van der Waals surface area contributed by atoms with Crippen molar-refractivity contribution in [2.75, 3.05) is 12.4 Å². The highest BCUT2D eigenvalue weighted by molar-refractivity contribution is 8.00. The van der Waals surface area contributed by atoms with E-state index in [1.807, 2.05) is 6.92 Å². The normalized spacial score (nSPS) is 19.6. The van der Waals surface area contributed by atoms with E-state index in [2.05, 4.69) is 13.8 Å². The van der Waals surface area contributed by atoms with Gasteiger partial charge in [-0.25, -0.2) is 4.79 Å². The van der Waals surface area contributed by atoms with Crippen molar-refractivity contribution in [2.24, 2.45) is 5.92 Å². The van der Waals surface area contributed by atoms with Gasteiger partial charge in [0.05, 0.1) is 16.9 Å². The zero-order chi connectivity index (χ0) is 19.3. The summed E-state index contributed by atoms with van der Waals surface area (Å²) in [5.41, 5.74) is 0.259. The number of carbonyl (C=O) groups excluding carboxylic acids is 2. The summed E-state index contributed by atoms with van der Waals surface area (Å²) in [6, 6.07) is 4.85. The molecule has 1 fully saturated rings. The second kappa shape index (κ2) is 9.02. The van der Waals surface area contributed by atoms with E-state index in [-0.39, 0.29) is 22.9 Å². The number of rotatable bonds is 7. The van der Waals surface area contributed by atoms with E-state index in [4.69, 9.17) is 4.74 Å². The number of amides is 1. The predicted octanol–water partition coefficient (Wildman–Crippen LogP) is 3.48. The molecule has 2 atom stereocenters. The summed E-state index contributed by atoms with van der Waals surface area (Å²) >= 11 is 1.58. The van der Waals surface area contributed by atoms with Crippen LogP contribution in [0.1, 0.15) is 44.0 Å². The standard InChI is InChI=1S/C18H24N2O5S/c1-4-9-25-18(22)15-11-26-16(10-12(2)3)19(15)17(21)13-5-7-14(8-6-13)20(23)24/h5-8,12,15-16H,4,9-11H2,1-3H3. The monoisotopic (exact) mass is 380 g/mol. The first kappa shape index (κ1) is 20.2. The minimum atomic E-state index is -0.627. The van der Waals surface area contributed by atoms with Crippen molar-refractivity contribution < 1.29 is 19.2 Å².